The Bertz CT molecular complexity index is 653. The lowest BCUT2D eigenvalue weighted by Gasteiger charge is -2.02. The van der Waals surface area contributed by atoms with Gasteiger partial charge in [0.15, 0.2) is 0 Å². The van der Waals surface area contributed by atoms with Crippen LogP contribution in [-0.4, -0.2) is 25.4 Å². The van der Waals surface area contributed by atoms with Gasteiger partial charge in [-0.1, -0.05) is 6.07 Å². The number of rotatable bonds is 2. The standard InChI is InChI=1S/C8H9N3O3S/c1-9-15(13,14)6-4-2-3-5-7(6)11-8(12)10-5/h2-4,9H,1H3,(H2,10,11,12). The summed E-state index contributed by atoms with van der Waals surface area (Å²) in [6, 6.07) is 4.62. The van der Waals surface area contributed by atoms with Crippen LogP contribution < -0.4 is 10.4 Å². The van der Waals surface area contributed by atoms with E-state index in [0.717, 1.165) is 0 Å². The van der Waals surface area contributed by atoms with Crippen LogP contribution in [0.4, 0.5) is 0 Å². The van der Waals surface area contributed by atoms with Gasteiger partial charge in [-0.05, 0) is 19.2 Å². The van der Waals surface area contributed by atoms with Crippen molar-refractivity contribution in [3.8, 4) is 0 Å². The highest BCUT2D eigenvalue weighted by molar-refractivity contribution is 7.89. The topological polar surface area (TPSA) is 94.8 Å². The van der Waals surface area contributed by atoms with E-state index in [0.29, 0.717) is 5.52 Å². The Morgan fingerprint density at radius 3 is 2.67 bits per heavy atom. The minimum atomic E-state index is -3.55. The molecule has 1 heterocycles. The molecule has 0 saturated heterocycles. The lowest BCUT2D eigenvalue weighted by Crippen LogP contribution is -2.19. The molecule has 1 aromatic carbocycles. The number of benzene rings is 1. The van der Waals surface area contributed by atoms with Crippen molar-refractivity contribution in [1.82, 2.24) is 14.7 Å². The van der Waals surface area contributed by atoms with Gasteiger partial charge < -0.3 is 9.97 Å². The van der Waals surface area contributed by atoms with Gasteiger partial charge >= 0.3 is 5.69 Å². The molecule has 0 radical (unpaired) electrons. The monoisotopic (exact) mass is 227 g/mol. The van der Waals surface area contributed by atoms with Gasteiger partial charge in [-0.15, -0.1) is 0 Å². The Morgan fingerprint density at radius 1 is 1.27 bits per heavy atom. The van der Waals surface area contributed by atoms with E-state index in [4.69, 9.17) is 0 Å². The number of fused-ring (bicyclic) bond motifs is 1. The molecule has 15 heavy (non-hydrogen) atoms. The Balaban J connectivity index is 2.88. The van der Waals surface area contributed by atoms with E-state index in [1.807, 2.05) is 0 Å². The second kappa shape index (κ2) is 3.21. The Hall–Kier alpha value is -1.60. The van der Waals surface area contributed by atoms with Gasteiger partial charge in [-0.3, -0.25) is 0 Å². The minimum Gasteiger partial charge on any atom is -0.306 e. The minimum absolute atomic E-state index is 0.0563. The highest BCUT2D eigenvalue weighted by atomic mass is 32.2. The largest absolute Gasteiger partial charge is 0.323 e. The SMILES string of the molecule is CNS(=O)(=O)c1cccc2[nH]c(=O)[nH]c12. The molecule has 2 rings (SSSR count). The van der Waals surface area contributed by atoms with Crippen molar-refractivity contribution in [2.24, 2.45) is 0 Å². The van der Waals surface area contributed by atoms with Crippen LogP contribution in [0, 0.1) is 0 Å². The van der Waals surface area contributed by atoms with Crippen LogP contribution in [0.5, 0.6) is 0 Å². The number of hydrogen-bond acceptors (Lipinski definition) is 3. The molecule has 6 nitrogen and oxygen atoms in total. The fourth-order valence-corrected chi connectivity index (χ4v) is 2.27. The maximum Gasteiger partial charge on any atom is 0.323 e. The molecule has 0 aliphatic carbocycles. The maximum atomic E-state index is 11.6. The predicted octanol–water partition coefficient (Wildman–Crippen LogP) is -0.236. The summed E-state index contributed by atoms with van der Waals surface area (Å²) in [7, 11) is -2.23. The highest BCUT2D eigenvalue weighted by Gasteiger charge is 2.16. The average Bonchev–Trinajstić information content (AvgIpc) is 2.57. The van der Waals surface area contributed by atoms with Crippen LogP contribution in [0.2, 0.25) is 0 Å². The van der Waals surface area contributed by atoms with Crippen LogP contribution >= 0.6 is 0 Å². The molecule has 0 amide bonds. The van der Waals surface area contributed by atoms with Crippen molar-refractivity contribution >= 4 is 21.1 Å². The van der Waals surface area contributed by atoms with Gasteiger partial charge in [0.2, 0.25) is 10.0 Å². The van der Waals surface area contributed by atoms with Gasteiger partial charge in [0.25, 0.3) is 0 Å². The number of para-hydroxylation sites is 1. The van der Waals surface area contributed by atoms with Crippen LogP contribution in [-0.2, 0) is 10.0 Å². The number of sulfonamides is 1. The summed E-state index contributed by atoms with van der Waals surface area (Å²) >= 11 is 0. The molecule has 0 fully saturated rings. The number of nitrogens with one attached hydrogen (secondary N) is 3. The predicted molar refractivity (Wildman–Crippen MR) is 55.2 cm³/mol. The molecule has 0 atom stereocenters. The van der Waals surface area contributed by atoms with Crippen LogP contribution in [0.25, 0.3) is 11.0 Å². The summed E-state index contributed by atoms with van der Waals surface area (Å²) in [5.41, 5.74) is 0.330. The van der Waals surface area contributed by atoms with E-state index in [9.17, 15) is 13.2 Å². The fourth-order valence-electron chi connectivity index (χ4n) is 1.37. The zero-order valence-electron chi connectivity index (χ0n) is 7.87. The molecule has 7 heteroatoms. The molecule has 0 unspecified atom stereocenters. The first-order valence-corrected chi connectivity index (χ1v) is 5.67. The molecular formula is C8H9N3O3S. The summed E-state index contributed by atoms with van der Waals surface area (Å²) in [4.78, 5) is 16.0. The zero-order chi connectivity index (χ0) is 11.1. The third-order valence-electron chi connectivity index (χ3n) is 2.07. The van der Waals surface area contributed by atoms with Crippen molar-refractivity contribution in [3.63, 3.8) is 0 Å². The molecule has 3 N–H and O–H groups in total. The molecule has 0 saturated carbocycles. The average molecular weight is 227 g/mol. The highest BCUT2D eigenvalue weighted by Crippen LogP contribution is 2.17. The molecule has 0 bridgehead atoms. The number of aromatic amines is 2. The quantitative estimate of drug-likeness (QED) is 0.661. The fraction of sp³-hybridized carbons (Fsp3) is 0.125. The van der Waals surface area contributed by atoms with E-state index >= 15 is 0 Å². The van der Waals surface area contributed by atoms with Crippen molar-refractivity contribution in [2.45, 2.75) is 4.90 Å². The van der Waals surface area contributed by atoms with Gasteiger partial charge in [0, 0.05) is 0 Å². The Labute approximate surface area is 85.4 Å². The van der Waals surface area contributed by atoms with Crippen molar-refractivity contribution < 1.29 is 8.42 Å². The van der Waals surface area contributed by atoms with Crippen molar-refractivity contribution in [2.75, 3.05) is 7.05 Å². The first-order chi connectivity index (χ1) is 7.04. The molecule has 0 aliphatic heterocycles. The Morgan fingerprint density at radius 2 is 2.00 bits per heavy atom. The number of imidazole rings is 1. The van der Waals surface area contributed by atoms with Crippen LogP contribution in [0.1, 0.15) is 0 Å². The van der Waals surface area contributed by atoms with E-state index in [2.05, 4.69) is 14.7 Å². The normalized spacial score (nSPS) is 12.1. The maximum absolute atomic E-state index is 11.6. The molecule has 80 valence electrons. The molecule has 2 aromatic rings. The molecular weight excluding hydrogens is 218 g/mol. The van der Waals surface area contributed by atoms with Gasteiger partial charge in [-0.25, -0.2) is 17.9 Å². The smallest absolute Gasteiger partial charge is 0.306 e. The first-order valence-electron chi connectivity index (χ1n) is 4.19. The van der Waals surface area contributed by atoms with E-state index in [1.165, 1.54) is 13.1 Å². The Kier molecular flexibility index (Phi) is 2.13. The summed E-state index contributed by atoms with van der Waals surface area (Å²) in [5.74, 6) is 0. The van der Waals surface area contributed by atoms with Crippen LogP contribution in [0.15, 0.2) is 27.9 Å². The summed E-state index contributed by atoms with van der Waals surface area (Å²) in [6.45, 7) is 0. The third kappa shape index (κ3) is 1.55. The van der Waals surface area contributed by atoms with E-state index in [-0.39, 0.29) is 10.4 Å². The lowest BCUT2D eigenvalue weighted by atomic mass is 10.3. The van der Waals surface area contributed by atoms with Crippen LogP contribution in [0.3, 0.4) is 0 Å². The lowest BCUT2D eigenvalue weighted by molar-refractivity contribution is 0.589. The number of aromatic nitrogens is 2. The third-order valence-corrected chi connectivity index (χ3v) is 3.53. The van der Waals surface area contributed by atoms with E-state index < -0.39 is 15.7 Å². The molecule has 0 spiro atoms. The second-order valence-electron chi connectivity index (χ2n) is 2.97. The summed E-state index contributed by atoms with van der Waals surface area (Å²) in [5, 5.41) is 0. The second-order valence-corrected chi connectivity index (χ2v) is 4.82. The zero-order valence-corrected chi connectivity index (χ0v) is 8.68. The summed E-state index contributed by atoms with van der Waals surface area (Å²) in [6.07, 6.45) is 0. The van der Waals surface area contributed by atoms with Gasteiger partial charge in [-0.2, -0.15) is 0 Å². The molecule has 1 aromatic heterocycles. The van der Waals surface area contributed by atoms with Crippen molar-refractivity contribution in [3.05, 3.63) is 28.7 Å². The molecule has 0 aliphatic rings. The first kappa shape index (κ1) is 9.94. The van der Waals surface area contributed by atoms with Crippen molar-refractivity contribution in [1.29, 1.82) is 0 Å². The number of H-pyrrole nitrogens is 2. The van der Waals surface area contributed by atoms with Gasteiger partial charge in [0.05, 0.1) is 11.0 Å². The summed E-state index contributed by atoms with van der Waals surface area (Å²) < 4.78 is 25.3. The van der Waals surface area contributed by atoms with Gasteiger partial charge in [0.1, 0.15) is 4.90 Å². The number of hydrogen-bond donors (Lipinski definition) is 3. The van der Waals surface area contributed by atoms with E-state index in [1.54, 1.807) is 12.1 Å².